The highest BCUT2D eigenvalue weighted by Crippen LogP contribution is 2.51. The van der Waals surface area contributed by atoms with Gasteiger partial charge in [-0.3, -0.25) is 0 Å². The maximum absolute atomic E-state index is 13.0. The van der Waals surface area contributed by atoms with Crippen LogP contribution in [-0.4, -0.2) is 54.5 Å². The van der Waals surface area contributed by atoms with Crippen LogP contribution in [0.25, 0.3) is 0 Å². The van der Waals surface area contributed by atoms with E-state index in [9.17, 15) is 4.79 Å². The van der Waals surface area contributed by atoms with E-state index in [-0.39, 0.29) is 35.9 Å². The van der Waals surface area contributed by atoms with Crippen LogP contribution in [0.3, 0.4) is 0 Å². The Kier molecular flexibility index (Phi) is 5.47. The Morgan fingerprint density at radius 3 is 2.23 bits per heavy atom. The highest BCUT2D eigenvalue weighted by molar-refractivity contribution is 6.62. The van der Waals surface area contributed by atoms with E-state index in [2.05, 4.69) is 57.3 Å². The maximum Gasteiger partial charge on any atom is 0.494 e. The van der Waals surface area contributed by atoms with Crippen molar-refractivity contribution in [3.8, 4) is 0 Å². The zero-order valence-corrected chi connectivity index (χ0v) is 20.1. The minimum atomic E-state index is -0.508. The number of hydrogen-bond acceptors (Lipinski definition) is 5. The van der Waals surface area contributed by atoms with Crippen molar-refractivity contribution in [3.05, 3.63) is 29.8 Å². The van der Waals surface area contributed by atoms with Gasteiger partial charge in [0.15, 0.2) is 0 Å². The van der Waals surface area contributed by atoms with E-state index >= 15 is 0 Å². The van der Waals surface area contributed by atoms with Gasteiger partial charge in [0.05, 0.1) is 17.2 Å². The van der Waals surface area contributed by atoms with Gasteiger partial charge in [-0.1, -0.05) is 24.3 Å². The first-order valence-corrected chi connectivity index (χ1v) is 11.5. The lowest BCUT2D eigenvalue weighted by molar-refractivity contribution is 0.00578. The predicted octanol–water partition coefficient (Wildman–Crippen LogP) is 3.65. The van der Waals surface area contributed by atoms with Crippen LogP contribution >= 0.6 is 0 Å². The van der Waals surface area contributed by atoms with Crippen LogP contribution in [0.1, 0.15) is 72.9 Å². The standard InChI is InChI=1S/C24H37BN2O4/c1-21(2,3)29-20(28)27-15-13-24(12-14-26-16-24)19(27)17-8-10-18(11-9-17)25-30-22(4,5)23(6,7)31-25/h8-11,19,26H,12-16H2,1-7H3. The molecule has 1 aromatic carbocycles. The fourth-order valence-corrected chi connectivity index (χ4v) is 5.01. The average molecular weight is 428 g/mol. The smallest absolute Gasteiger partial charge is 0.444 e. The van der Waals surface area contributed by atoms with Gasteiger partial charge in [-0.15, -0.1) is 0 Å². The summed E-state index contributed by atoms with van der Waals surface area (Å²) in [5.41, 5.74) is 0.966. The van der Waals surface area contributed by atoms with Gasteiger partial charge in [0, 0.05) is 18.5 Å². The first-order valence-electron chi connectivity index (χ1n) is 11.5. The molecule has 1 N–H and O–H groups in total. The molecule has 0 radical (unpaired) electrons. The fourth-order valence-electron chi connectivity index (χ4n) is 5.01. The summed E-state index contributed by atoms with van der Waals surface area (Å²) in [6.07, 6.45) is 1.83. The van der Waals surface area contributed by atoms with Crippen molar-refractivity contribution in [1.29, 1.82) is 0 Å². The monoisotopic (exact) mass is 428 g/mol. The van der Waals surface area contributed by atoms with Gasteiger partial charge in [-0.2, -0.15) is 0 Å². The van der Waals surface area contributed by atoms with Gasteiger partial charge in [-0.25, -0.2) is 4.79 Å². The molecule has 0 aliphatic carbocycles. The van der Waals surface area contributed by atoms with Crippen molar-refractivity contribution in [3.63, 3.8) is 0 Å². The molecule has 170 valence electrons. The molecule has 1 aromatic rings. The molecule has 3 saturated heterocycles. The molecule has 1 spiro atoms. The lowest BCUT2D eigenvalue weighted by atomic mass is 9.74. The number of likely N-dealkylation sites (tertiary alicyclic amines) is 1. The maximum atomic E-state index is 13.0. The third-order valence-electron chi connectivity index (χ3n) is 7.42. The number of nitrogens with zero attached hydrogens (tertiary/aromatic N) is 1. The lowest BCUT2D eigenvalue weighted by Crippen LogP contribution is -2.41. The van der Waals surface area contributed by atoms with E-state index in [1.54, 1.807) is 0 Å². The summed E-state index contributed by atoms with van der Waals surface area (Å²) in [6, 6.07) is 8.43. The van der Waals surface area contributed by atoms with E-state index in [0.29, 0.717) is 0 Å². The van der Waals surface area contributed by atoms with Gasteiger partial charge >= 0.3 is 13.2 Å². The van der Waals surface area contributed by atoms with Crippen molar-refractivity contribution in [2.75, 3.05) is 19.6 Å². The van der Waals surface area contributed by atoms with Crippen LogP contribution < -0.4 is 10.8 Å². The molecule has 6 nitrogen and oxygen atoms in total. The molecule has 7 heteroatoms. The summed E-state index contributed by atoms with van der Waals surface area (Å²) in [7, 11) is -0.383. The Hall–Kier alpha value is -1.57. The number of nitrogens with one attached hydrogen (secondary N) is 1. The molecule has 0 bridgehead atoms. The molecule has 3 heterocycles. The first-order chi connectivity index (χ1) is 14.3. The van der Waals surface area contributed by atoms with Crippen molar-refractivity contribution in [1.82, 2.24) is 10.2 Å². The third kappa shape index (κ3) is 4.12. The summed E-state index contributed by atoms with van der Waals surface area (Å²) in [4.78, 5) is 15.0. The van der Waals surface area contributed by atoms with Crippen LogP contribution in [-0.2, 0) is 14.0 Å². The second-order valence-corrected chi connectivity index (χ2v) is 11.4. The van der Waals surface area contributed by atoms with E-state index in [0.717, 1.165) is 43.5 Å². The fraction of sp³-hybridized carbons (Fsp3) is 0.708. The zero-order chi connectivity index (χ0) is 22.7. The van der Waals surface area contributed by atoms with Crippen LogP contribution in [0, 0.1) is 5.41 Å². The molecular formula is C24H37BN2O4. The number of benzene rings is 1. The summed E-state index contributed by atoms with van der Waals surface area (Å²) >= 11 is 0. The van der Waals surface area contributed by atoms with Crippen LogP contribution in [0.15, 0.2) is 24.3 Å². The molecule has 2 unspecified atom stereocenters. The summed E-state index contributed by atoms with van der Waals surface area (Å²) in [5, 5.41) is 3.52. The number of amides is 1. The summed E-state index contributed by atoms with van der Waals surface area (Å²) in [5.74, 6) is 0. The third-order valence-corrected chi connectivity index (χ3v) is 7.42. The molecule has 3 fully saturated rings. The molecule has 4 rings (SSSR count). The molecule has 1 amide bonds. The summed E-state index contributed by atoms with van der Waals surface area (Å²) in [6.45, 7) is 16.7. The first kappa shape index (κ1) is 22.6. The van der Waals surface area contributed by atoms with Gasteiger partial charge in [0.2, 0.25) is 0 Å². The van der Waals surface area contributed by atoms with E-state index in [4.69, 9.17) is 14.0 Å². The van der Waals surface area contributed by atoms with Gasteiger partial charge in [-0.05, 0) is 78.9 Å². The Labute approximate surface area is 187 Å². The van der Waals surface area contributed by atoms with Gasteiger partial charge in [0.1, 0.15) is 5.60 Å². The van der Waals surface area contributed by atoms with E-state index in [1.807, 2.05) is 25.7 Å². The Bertz CT molecular complexity index is 809. The molecule has 31 heavy (non-hydrogen) atoms. The number of carbonyl (C=O) groups excluding carboxylic acids is 1. The van der Waals surface area contributed by atoms with Gasteiger partial charge in [0.25, 0.3) is 0 Å². The van der Waals surface area contributed by atoms with Crippen molar-refractivity contribution in [2.45, 2.75) is 84.2 Å². The molecule has 0 aromatic heterocycles. The van der Waals surface area contributed by atoms with E-state index < -0.39 is 5.60 Å². The minimum Gasteiger partial charge on any atom is -0.444 e. The van der Waals surface area contributed by atoms with Crippen molar-refractivity contribution >= 4 is 18.7 Å². The highest BCUT2D eigenvalue weighted by Gasteiger charge is 2.53. The molecule has 3 aliphatic rings. The van der Waals surface area contributed by atoms with Gasteiger partial charge < -0.3 is 24.3 Å². The summed E-state index contributed by atoms with van der Waals surface area (Å²) < 4.78 is 18.2. The number of ether oxygens (including phenoxy) is 1. The second kappa shape index (κ2) is 7.50. The Balaban J connectivity index is 1.60. The average Bonchev–Trinajstić information content (AvgIpc) is 3.32. The highest BCUT2D eigenvalue weighted by atomic mass is 16.7. The molecular weight excluding hydrogens is 391 g/mol. The van der Waals surface area contributed by atoms with E-state index in [1.165, 1.54) is 0 Å². The lowest BCUT2D eigenvalue weighted by Gasteiger charge is -2.36. The van der Waals surface area contributed by atoms with Crippen LogP contribution in [0.2, 0.25) is 0 Å². The number of rotatable bonds is 2. The SMILES string of the molecule is CC(C)(C)OC(=O)N1CCC2(CCNC2)C1c1ccc(B2OC(C)(C)C(C)(C)O2)cc1. The number of carbonyl (C=O) groups is 1. The van der Waals surface area contributed by atoms with Crippen LogP contribution in [0.5, 0.6) is 0 Å². The molecule has 3 aliphatic heterocycles. The zero-order valence-electron chi connectivity index (χ0n) is 20.1. The minimum absolute atomic E-state index is 0.00435. The largest absolute Gasteiger partial charge is 0.494 e. The quantitative estimate of drug-likeness (QED) is 0.729. The molecule has 2 atom stereocenters. The van der Waals surface area contributed by atoms with Crippen molar-refractivity contribution < 1.29 is 18.8 Å². The Morgan fingerprint density at radius 1 is 1.10 bits per heavy atom. The topological polar surface area (TPSA) is 60.0 Å². The van der Waals surface area contributed by atoms with Crippen LogP contribution in [0.4, 0.5) is 4.79 Å². The Morgan fingerprint density at radius 2 is 1.71 bits per heavy atom. The predicted molar refractivity (Wildman–Crippen MR) is 122 cm³/mol. The van der Waals surface area contributed by atoms with Crippen molar-refractivity contribution in [2.24, 2.45) is 5.41 Å². The normalized spacial score (nSPS) is 29.7. The second-order valence-electron chi connectivity index (χ2n) is 11.4. The number of hydrogen-bond donors (Lipinski definition) is 1. The molecule has 0 saturated carbocycles.